The Morgan fingerprint density at radius 3 is 2.29 bits per heavy atom. The van der Waals surface area contributed by atoms with E-state index in [1.165, 1.54) is 10.5 Å². The van der Waals surface area contributed by atoms with Crippen molar-refractivity contribution in [1.29, 1.82) is 0 Å². The van der Waals surface area contributed by atoms with Crippen molar-refractivity contribution >= 4 is 35.0 Å². The van der Waals surface area contributed by atoms with E-state index in [1.54, 1.807) is 18.2 Å². The van der Waals surface area contributed by atoms with Crippen LogP contribution < -0.4 is 10.1 Å². The lowest BCUT2D eigenvalue weighted by molar-refractivity contribution is -0.143. The molecule has 0 aliphatic heterocycles. The number of halogens is 2. The van der Waals surface area contributed by atoms with E-state index in [4.69, 9.17) is 27.9 Å². The summed E-state index contributed by atoms with van der Waals surface area (Å²) in [5.74, 6) is 0.106. The number of benzene rings is 2. The molecule has 2 rings (SSSR count). The summed E-state index contributed by atoms with van der Waals surface area (Å²) in [6.07, 6.45) is 1.39. The first-order valence-corrected chi connectivity index (χ1v) is 11.3. The molecule has 1 N–H and O–H groups in total. The van der Waals surface area contributed by atoms with E-state index in [2.05, 4.69) is 12.2 Å². The van der Waals surface area contributed by atoms with Gasteiger partial charge in [-0.25, -0.2) is 0 Å². The maximum absolute atomic E-state index is 13.2. The molecule has 0 aliphatic carbocycles. The molecule has 2 amide bonds. The van der Waals surface area contributed by atoms with Crippen LogP contribution in [-0.4, -0.2) is 35.4 Å². The number of rotatable bonds is 10. The number of aryl methyl sites for hydroxylation is 1. The molecule has 0 aromatic heterocycles. The summed E-state index contributed by atoms with van der Waals surface area (Å²) in [6, 6.07) is 12.0. The minimum absolute atomic E-state index is 0.0362. The number of carbonyl (C=O) groups excluding carboxylic acids is 2. The maximum atomic E-state index is 13.2. The zero-order chi connectivity index (χ0) is 23.0. The molecule has 1 atom stereocenters. The summed E-state index contributed by atoms with van der Waals surface area (Å²) >= 11 is 12.3. The van der Waals surface area contributed by atoms with E-state index >= 15 is 0 Å². The van der Waals surface area contributed by atoms with Gasteiger partial charge in [-0.3, -0.25) is 9.59 Å². The van der Waals surface area contributed by atoms with E-state index in [9.17, 15) is 9.59 Å². The van der Waals surface area contributed by atoms with Gasteiger partial charge < -0.3 is 15.0 Å². The second kappa shape index (κ2) is 12.0. The van der Waals surface area contributed by atoms with Crippen molar-refractivity contribution in [3.8, 4) is 5.75 Å². The molecule has 1 unspecified atom stereocenters. The molecule has 0 saturated heterocycles. The van der Waals surface area contributed by atoms with E-state index < -0.39 is 6.04 Å². The second-order valence-corrected chi connectivity index (χ2v) is 8.47. The smallest absolute Gasteiger partial charge is 0.261 e. The Labute approximate surface area is 194 Å². The van der Waals surface area contributed by atoms with Crippen LogP contribution in [0.5, 0.6) is 5.75 Å². The van der Waals surface area contributed by atoms with Crippen molar-refractivity contribution in [2.24, 2.45) is 0 Å². The number of ether oxygens (including phenoxy) is 1. The van der Waals surface area contributed by atoms with Crippen LogP contribution in [0.15, 0.2) is 42.5 Å². The monoisotopic (exact) mass is 464 g/mol. The van der Waals surface area contributed by atoms with E-state index in [0.717, 1.165) is 6.42 Å². The number of hydrogen-bond donors (Lipinski definition) is 1. The Morgan fingerprint density at radius 2 is 1.74 bits per heavy atom. The third-order valence-corrected chi connectivity index (χ3v) is 5.45. The van der Waals surface area contributed by atoms with Gasteiger partial charge in [0.05, 0.1) is 0 Å². The molecule has 2 aromatic rings. The molecule has 0 spiro atoms. The first-order valence-electron chi connectivity index (χ1n) is 10.5. The predicted molar refractivity (Wildman–Crippen MR) is 126 cm³/mol. The molecule has 31 heavy (non-hydrogen) atoms. The summed E-state index contributed by atoms with van der Waals surface area (Å²) in [5, 5.41) is 3.85. The van der Waals surface area contributed by atoms with Crippen molar-refractivity contribution < 1.29 is 14.3 Å². The predicted octanol–water partition coefficient (Wildman–Crippen LogP) is 5.27. The zero-order valence-corrected chi connectivity index (χ0v) is 20.0. The molecule has 0 saturated carbocycles. The molecule has 0 aliphatic rings. The van der Waals surface area contributed by atoms with E-state index in [1.807, 2.05) is 45.0 Å². The highest BCUT2D eigenvalue weighted by Gasteiger charge is 2.29. The minimum Gasteiger partial charge on any atom is -0.484 e. The molecular weight excluding hydrogens is 435 g/mol. The number of hydrogen-bond acceptors (Lipinski definition) is 3. The van der Waals surface area contributed by atoms with Gasteiger partial charge in [-0.15, -0.1) is 0 Å². The Kier molecular flexibility index (Phi) is 9.66. The van der Waals surface area contributed by atoms with Crippen LogP contribution >= 0.6 is 23.2 Å². The fourth-order valence-electron chi connectivity index (χ4n) is 3.18. The molecule has 5 nitrogen and oxygen atoms in total. The SMILES string of the molecule is CCc1ccc(OCC(=O)N(Cc2ccc(Cl)cc2Cl)C(CC)C(=O)NC(C)C)cc1. The topological polar surface area (TPSA) is 58.6 Å². The van der Waals surface area contributed by atoms with Gasteiger partial charge in [0.1, 0.15) is 11.8 Å². The summed E-state index contributed by atoms with van der Waals surface area (Å²) in [7, 11) is 0. The number of nitrogens with zero attached hydrogens (tertiary/aromatic N) is 1. The third-order valence-electron chi connectivity index (χ3n) is 4.87. The Morgan fingerprint density at radius 1 is 1.06 bits per heavy atom. The number of nitrogens with one attached hydrogen (secondary N) is 1. The van der Waals surface area contributed by atoms with Gasteiger partial charge in [0.25, 0.3) is 5.91 Å². The lowest BCUT2D eigenvalue weighted by atomic mass is 10.1. The first-order chi connectivity index (χ1) is 14.7. The zero-order valence-electron chi connectivity index (χ0n) is 18.5. The Hall–Kier alpha value is -2.24. The molecule has 168 valence electrons. The van der Waals surface area contributed by atoms with Crippen LogP contribution in [0, 0.1) is 0 Å². The van der Waals surface area contributed by atoms with E-state index in [0.29, 0.717) is 27.8 Å². The van der Waals surface area contributed by atoms with Gasteiger partial charge in [-0.05, 0) is 62.1 Å². The average Bonchev–Trinajstić information content (AvgIpc) is 2.73. The highest BCUT2D eigenvalue weighted by atomic mass is 35.5. The normalized spacial score (nSPS) is 11.8. The standard InChI is InChI=1S/C24H30Cl2N2O3/c1-5-17-7-11-20(12-8-17)31-15-23(29)28(22(6-2)24(30)27-16(3)4)14-18-9-10-19(25)13-21(18)26/h7-13,16,22H,5-6,14-15H2,1-4H3,(H,27,30). The third kappa shape index (κ3) is 7.44. The fraction of sp³-hybridized carbons (Fsp3) is 0.417. The number of amides is 2. The van der Waals surface area contributed by atoms with Gasteiger partial charge in [0.15, 0.2) is 6.61 Å². The van der Waals surface area contributed by atoms with Crippen LogP contribution in [0.4, 0.5) is 0 Å². The maximum Gasteiger partial charge on any atom is 0.261 e. The van der Waals surface area contributed by atoms with Crippen LogP contribution in [-0.2, 0) is 22.6 Å². The van der Waals surface area contributed by atoms with Crippen molar-refractivity contribution in [2.45, 2.75) is 59.2 Å². The molecule has 2 aromatic carbocycles. The summed E-state index contributed by atoms with van der Waals surface area (Å²) in [6.45, 7) is 7.72. The molecule has 0 radical (unpaired) electrons. The average molecular weight is 465 g/mol. The number of carbonyl (C=O) groups is 2. The first kappa shape index (κ1) is 25.0. The second-order valence-electron chi connectivity index (χ2n) is 7.63. The van der Waals surface area contributed by atoms with E-state index in [-0.39, 0.29) is 31.0 Å². The Bertz CT molecular complexity index is 885. The summed E-state index contributed by atoms with van der Waals surface area (Å²) in [4.78, 5) is 27.5. The highest BCUT2D eigenvalue weighted by molar-refractivity contribution is 6.35. The van der Waals surface area contributed by atoms with Gasteiger partial charge >= 0.3 is 0 Å². The van der Waals surface area contributed by atoms with Crippen molar-refractivity contribution in [1.82, 2.24) is 10.2 Å². The Balaban J connectivity index is 2.23. The molecule has 0 bridgehead atoms. The quantitative estimate of drug-likeness (QED) is 0.520. The molecule has 0 heterocycles. The molecule has 0 fully saturated rings. The molecular formula is C24H30Cl2N2O3. The summed E-state index contributed by atoms with van der Waals surface area (Å²) in [5.41, 5.74) is 1.90. The van der Waals surface area contributed by atoms with Crippen LogP contribution in [0.25, 0.3) is 0 Å². The molecule has 7 heteroatoms. The summed E-state index contributed by atoms with van der Waals surface area (Å²) < 4.78 is 5.71. The van der Waals surface area contributed by atoms with Crippen molar-refractivity contribution in [3.05, 3.63) is 63.6 Å². The van der Waals surface area contributed by atoms with Crippen molar-refractivity contribution in [3.63, 3.8) is 0 Å². The fourth-order valence-corrected chi connectivity index (χ4v) is 3.65. The van der Waals surface area contributed by atoms with Crippen LogP contribution in [0.2, 0.25) is 10.0 Å². The minimum atomic E-state index is -0.646. The largest absolute Gasteiger partial charge is 0.484 e. The van der Waals surface area contributed by atoms with Gasteiger partial charge in [-0.2, -0.15) is 0 Å². The van der Waals surface area contributed by atoms with Gasteiger partial charge in [-0.1, -0.05) is 55.2 Å². The highest BCUT2D eigenvalue weighted by Crippen LogP contribution is 2.24. The van der Waals surface area contributed by atoms with Crippen LogP contribution in [0.3, 0.4) is 0 Å². The lowest BCUT2D eigenvalue weighted by Gasteiger charge is -2.31. The van der Waals surface area contributed by atoms with Crippen LogP contribution in [0.1, 0.15) is 45.2 Å². The van der Waals surface area contributed by atoms with Crippen molar-refractivity contribution in [2.75, 3.05) is 6.61 Å². The van der Waals surface area contributed by atoms with Gasteiger partial charge in [0, 0.05) is 22.6 Å². The lowest BCUT2D eigenvalue weighted by Crippen LogP contribution is -2.51. The van der Waals surface area contributed by atoms with Gasteiger partial charge in [0.2, 0.25) is 5.91 Å².